The zero-order chi connectivity index (χ0) is 14.4. The van der Waals surface area contributed by atoms with Gasteiger partial charge in [0.1, 0.15) is 0 Å². The quantitative estimate of drug-likeness (QED) is 0.804. The zero-order valence-electron chi connectivity index (χ0n) is 11.9. The maximum absolute atomic E-state index is 9.61. The van der Waals surface area contributed by atoms with Crippen molar-refractivity contribution in [2.45, 2.75) is 45.8 Å². The third-order valence-corrected chi connectivity index (χ3v) is 4.12. The number of hydrogen-bond acceptors (Lipinski definition) is 3. The van der Waals surface area contributed by atoms with Crippen LogP contribution in [-0.2, 0) is 0 Å². The van der Waals surface area contributed by atoms with Gasteiger partial charge in [0.15, 0.2) is 0 Å². The standard InChI is InChI=1S/C15H24BrNO2/c1-4-13(5-2)17(8-9-18)15-7-6-12(11(3)19)10-14(15)16/h6-7,10-11,13,18-19H,4-5,8-9H2,1-3H3/t11-/m0/s1. The van der Waals surface area contributed by atoms with E-state index in [1.807, 2.05) is 18.2 Å². The van der Waals surface area contributed by atoms with E-state index in [2.05, 4.69) is 34.7 Å². The fourth-order valence-corrected chi connectivity index (χ4v) is 2.98. The normalized spacial score (nSPS) is 12.8. The third-order valence-electron chi connectivity index (χ3n) is 3.49. The summed E-state index contributed by atoms with van der Waals surface area (Å²) in [5, 5.41) is 18.9. The highest BCUT2D eigenvalue weighted by atomic mass is 79.9. The average Bonchev–Trinajstić information content (AvgIpc) is 2.39. The number of benzene rings is 1. The Balaban J connectivity index is 3.08. The maximum Gasteiger partial charge on any atom is 0.0762 e. The molecular weight excluding hydrogens is 306 g/mol. The van der Waals surface area contributed by atoms with Crippen LogP contribution in [0.4, 0.5) is 5.69 Å². The molecule has 0 saturated heterocycles. The minimum absolute atomic E-state index is 0.140. The van der Waals surface area contributed by atoms with Gasteiger partial charge in [0.2, 0.25) is 0 Å². The predicted octanol–water partition coefficient (Wildman–Crippen LogP) is 3.49. The van der Waals surface area contributed by atoms with Crippen LogP contribution in [0.2, 0.25) is 0 Å². The summed E-state index contributed by atoms with van der Waals surface area (Å²) in [6.45, 7) is 6.85. The van der Waals surface area contributed by atoms with Crippen molar-refractivity contribution >= 4 is 21.6 Å². The highest BCUT2D eigenvalue weighted by Crippen LogP contribution is 2.31. The molecule has 1 rings (SSSR count). The lowest BCUT2D eigenvalue weighted by atomic mass is 10.1. The number of aliphatic hydroxyl groups excluding tert-OH is 2. The Kier molecular flexibility index (Phi) is 6.83. The molecule has 0 spiro atoms. The van der Waals surface area contributed by atoms with E-state index >= 15 is 0 Å². The van der Waals surface area contributed by atoms with Gasteiger partial charge in [-0.25, -0.2) is 0 Å². The van der Waals surface area contributed by atoms with Gasteiger partial charge in [-0.15, -0.1) is 0 Å². The summed E-state index contributed by atoms with van der Waals surface area (Å²) < 4.78 is 0.964. The first kappa shape index (κ1) is 16.5. The fourth-order valence-electron chi connectivity index (χ4n) is 2.35. The van der Waals surface area contributed by atoms with Crippen LogP contribution in [0, 0.1) is 0 Å². The summed E-state index contributed by atoms with van der Waals surface area (Å²) in [6.07, 6.45) is 1.62. The van der Waals surface area contributed by atoms with E-state index in [-0.39, 0.29) is 6.61 Å². The summed E-state index contributed by atoms with van der Waals surface area (Å²) in [5.74, 6) is 0. The highest BCUT2D eigenvalue weighted by molar-refractivity contribution is 9.10. The first-order valence-corrected chi connectivity index (χ1v) is 7.69. The van der Waals surface area contributed by atoms with Crippen LogP contribution in [0.3, 0.4) is 0 Å². The molecule has 0 aliphatic carbocycles. The summed E-state index contributed by atoms with van der Waals surface area (Å²) in [6, 6.07) is 6.32. The molecule has 19 heavy (non-hydrogen) atoms. The Morgan fingerprint density at radius 1 is 1.26 bits per heavy atom. The minimum atomic E-state index is -0.468. The van der Waals surface area contributed by atoms with Crippen molar-refractivity contribution in [1.82, 2.24) is 0 Å². The van der Waals surface area contributed by atoms with Gasteiger partial charge in [0.05, 0.1) is 18.4 Å². The lowest BCUT2D eigenvalue weighted by Gasteiger charge is -2.33. The predicted molar refractivity (Wildman–Crippen MR) is 83.6 cm³/mol. The summed E-state index contributed by atoms with van der Waals surface area (Å²) >= 11 is 3.58. The molecular formula is C15H24BrNO2. The topological polar surface area (TPSA) is 43.7 Å². The number of aliphatic hydroxyl groups is 2. The van der Waals surface area contributed by atoms with Crippen molar-refractivity contribution in [3.8, 4) is 0 Å². The monoisotopic (exact) mass is 329 g/mol. The van der Waals surface area contributed by atoms with E-state index < -0.39 is 6.10 Å². The summed E-state index contributed by atoms with van der Waals surface area (Å²) in [7, 11) is 0. The first-order valence-electron chi connectivity index (χ1n) is 6.90. The second kappa shape index (κ2) is 7.88. The number of rotatable bonds is 7. The number of anilines is 1. The molecule has 0 aromatic heterocycles. The van der Waals surface area contributed by atoms with Crippen molar-refractivity contribution < 1.29 is 10.2 Å². The van der Waals surface area contributed by atoms with Crippen LogP contribution in [0.15, 0.2) is 22.7 Å². The van der Waals surface area contributed by atoms with Gasteiger partial charge in [0.25, 0.3) is 0 Å². The molecule has 2 N–H and O–H groups in total. The number of nitrogens with zero attached hydrogens (tertiary/aromatic N) is 1. The highest BCUT2D eigenvalue weighted by Gasteiger charge is 2.18. The molecule has 1 aromatic rings. The van der Waals surface area contributed by atoms with Crippen LogP contribution in [0.25, 0.3) is 0 Å². The molecule has 1 aromatic carbocycles. The lowest BCUT2D eigenvalue weighted by molar-refractivity contribution is 0.199. The van der Waals surface area contributed by atoms with E-state index in [0.717, 1.165) is 28.6 Å². The molecule has 0 unspecified atom stereocenters. The van der Waals surface area contributed by atoms with E-state index in [1.165, 1.54) is 0 Å². The molecule has 3 nitrogen and oxygen atoms in total. The van der Waals surface area contributed by atoms with Gasteiger partial charge < -0.3 is 15.1 Å². The molecule has 0 aliphatic heterocycles. The maximum atomic E-state index is 9.61. The smallest absolute Gasteiger partial charge is 0.0762 e. The van der Waals surface area contributed by atoms with E-state index in [4.69, 9.17) is 0 Å². The van der Waals surface area contributed by atoms with Crippen LogP contribution in [0.1, 0.15) is 45.3 Å². The molecule has 0 amide bonds. The molecule has 0 heterocycles. The molecule has 0 saturated carbocycles. The van der Waals surface area contributed by atoms with Crippen LogP contribution >= 0.6 is 15.9 Å². The Bertz CT molecular complexity index is 392. The van der Waals surface area contributed by atoms with Crippen molar-refractivity contribution in [3.05, 3.63) is 28.2 Å². The van der Waals surface area contributed by atoms with E-state index in [9.17, 15) is 10.2 Å². The molecule has 1 atom stereocenters. The van der Waals surface area contributed by atoms with Gasteiger partial charge >= 0.3 is 0 Å². The number of hydrogen-bond donors (Lipinski definition) is 2. The van der Waals surface area contributed by atoms with Crippen molar-refractivity contribution in [2.75, 3.05) is 18.1 Å². The Morgan fingerprint density at radius 2 is 1.89 bits per heavy atom. The average molecular weight is 330 g/mol. The van der Waals surface area contributed by atoms with Crippen LogP contribution in [0.5, 0.6) is 0 Å². The summed E-state index contributed by atoms with van der Waals surface area (Å²) in [4.78, 5) is 2.23. The second-order valence-corrected chi connectivity index (χ2v) is 5.63. The van der Waals surface area contributed by atoms with Gasteiger partial charge in [-0.1, -0.05) is 19.9 Å². The number of halogens is 1. The molecule has 0 bridgehead atoms. The first-order chi connectivity index (χ1) is 9.04. The Hall–Kier alpha value is -0.580. The van der Waals surface area contributed by atoms with Crippen LogP contribution in [-0.4, -0.2) is 29.4 Å². The van der Waals surface area contributed by atoms with E-state index in [0.29, 0.717) is 12.6 Å². The van der Waals surface area contributed by atoms with Gasteiger partial charge in [-0.3, -0.25) is 0 Å². The lowest BCUT2D eigenvalue weighted by Crippen LogP contribution is -2.37. The molecule has 0 fully saturated rings. The SMILES string of the molecule is CCC(CC)N(CCO)c1ccc([C@H](C)O)cc1Br. The van der Waals surface area contributed by atoms with Crippen molar-refractivity contribution in [3.63, 3.8) is 0 Å². The van der Waals surface area contributed by atoms with Crippen LogP contribution < -0.4 is 4.90 Å². The third kappa shape index (κ3) is 4.20. The zero-order valence-corrected chi connectivity index (χ0v) is 13.5. The van der Waals surface area contributed by atoms with Crippen molar-refractivity contribution in [2.24, 2.45) is 0 Å². The Morgan fingerprint density at radius 3 is 2.32 bits per heavy atom. The molecule has 0 radical (unpaired) electrons. The largest absolute Gasteiger partial charge is 0.395 e. The Labute approximate surface area is 124 Å². The molecule has 108 valence electrons. The molecule has 4 heteroatoms. The summed E-state index contributed by atoms with van der Waals surface area (Å²) in [5.41, 5.74) is 1.97. The van der Waals surface area contributed by atoms with Gasteiger partial charge in [-0.05, 0) is 53.4 Å². The fraction of sp³-hybridized carbons (Fsp3) is 0.600. The minimum Gasteiger partial charge on any atom is -0.395 e. The molecule has 0 aliphatic rings. The van der Waals surface area contributed by atoms with E-state index in [1.54, 1.807) is 6.92 Å². The second-order valence-electron chi connectivity index (χ2n) is 4.77. The van der Waals surface area contributed by atoms with Gasteiger partial charge in [0, 0.05) is 17.1 Å². The van der Waals surface area contributed by atoms with Crippen molar-refractivity contribution in [1.29, 1.82) is 0 Å². The van der Waals surface area contributed by atoms with Gasteiger partial charge in [-0.2, -0.15) is 0 Å².